The van der Waals surface area contributed by atoms with E-state index in [0.717, 1.165) is 26.7 Å². The molecule has 0 amide bonds. The van der Waals surface area contributed by atoms with Gasteiger partial charge in [-0.25, -0.2) is 4.79 Å². The Kier molecular flexibility index (Phi) is 5.87. The molecule has 0 N–H and O–H groups in total. The topological polar surface area (TPSA) is 26.3 Å². The molecule has 0 aliphatic rings. The number of hydrogen-bond acceptors (Lipinski definition) is 2. The first-order valence-electron chi connectivity index (χ1n) is 8.28. The SMILES string of the molecule is CCc1ccc(C(=O)OCc2ccccc2)c(-c2ccccc2I)c1. The molecule has 0 bridgehead atoms. The third-order valence-electron chi connectivity index (χ3n) is 4.09. The summed E-state index contributed by atoms with van der Waals surface area (Å²) in [5.74, 6) is -0.291. The highest BCUT2D eigenvalue weighted by Crippen LogP contribution is 2.30. The van der Waals surface area contributed by atoms with Crippen molar-refractivity contribution in [2.45, 2.75) is 20.0 Å². The van der Waals surface area contributed by atoms with Crippen LogP contribution in [-0.4, -0.2) is 5.97 Å². The molecular weight excluding hydrogens is 423 g/mol. The Balaban J connectivity index is 1.92. The van der Waals surface area contributed by atoms with Gasteiger partial charge in [0.25, 0.3) is 0 Å². The molecular formula is C22H19IO2. The molecule has 0 unspecified atom stereocenters. The lowest BCUT2D eigenvalue weighted by molar-refractivity contribution is 0.0473. The summed E-state index contributed by atoms with van der Waals surface area (Å²) in [6, 6.07) is 23.8. The average Bonchev–Trinajstić information content (AvgIpc) is 2.67. The number of carbonyl (C=O) groups is 1. The molecule has 0 heterocycles. The van der Waals surface area contributed by atoms with E-state index >= 15 is 0 Å². The van der Waals surface area contributed by atoms with E-state index in [4.69, 9.17) is 4.74 Å². The van der Waals surface area contributed by atoms with Crippen LogP contribution in [-0.2, 0) is 17.8 Å². The number of carbonyl (C=O) groups excluding carboxylic acids is 1. The molecule has 25 heavy (non-hydrogen) atoms. The number of rotatable bonds is 5. The van der Waals surface area contributed by atoms with E-state index in [-0.39, 0.29) is 12.6 Å². The van der Waals surface area contributed by atoms with Gasteiger partial charge >= 0.3 is 5.97 Å². The van der Waals surface area contributed by atoms with Crippen LogP contribution in [0.4, 0.5) is 0 Å². The van der Waals surface area contributed by atoms with Gasteiger partial charge in [0.15, 0.2) is 0 Å². The minimum atomic E-state index is -0.291. The number of benzene rings is 3. The highest BCUT2D eigenvalue weighted by molar-refractivity contribution is 14.1. The number of hydrogen-bond donors (Lipinski definition) is 0. The van der Waals surface area contributed by atoms with Crippen molar-refractivity contribution in [1.82, 2.24) is 0 Å². The summed E-state index contributed by atoms with van der Waals surface area (Å²) in [7, 11) is 0. The van der Waals surface area contributed by atoms with Gasteiger partial charge in [0.1, 0.15) is 6.61 Å². The summed E-state index contributed by atoms with van der Waals surface area (Å²) in [4.78, 5) is 12.7. The maximum Gasteiger partial charge on any atom is 0.339 e. The van der Waals surface area contributed by atoms with Gasteiger partial charge in [-0.1, -0.05) is 67.6 Å². The van der Waals surface area contributed by atoms with Crippen LogP contribution in [0.5, 0.6) is 0 Å². The zero-order chi connectivity index (χ0) is 17.6. The van der Waals surface area contributed by atoms with E-state index in [1.807, 2.05) is 66.7 Å². The number of ether oxygens (including phenoxy) is 1. The molecule has 0 atom stereocenters. The first kappa shape index (κ1) is 17.7. The predicted molar refractivity (Wildman–Crippen MR) is 110 cm³/mol. The predicted octanol–water partition coefficient (Wildman–Crippen LogP) is 5.88. The largest absolute Gasteiger partial charge is 0.457 e. The van der Waals surface area contributed by atoms with Gasteiger partial charge in [0, 0.05) is 3.57 Å². The van der Waals surface area contributed by atoms with Crippen molar-refractivity contribution in [3.05, 3.63) is 93.1 Å². The van der Waals surface area contributed by atoms with Gasteiger partial charge in [-0.15, -0.1) is 0 Å². The molecule has 0 radical (unpaired) electrons. The van der Waals surface area contributed by atoms with E-state index in [1.54, 1.807) is 0 Å². The average molecular weight is 442 g/mol. The Morgan fingerprint density at radius 2 is 1.60 bits per heavy atom. The lowest BCUT2D eigenvalue weighted by atomic mass is 9.96. The first-order valence-corrected chi connectivity index (χ1v) is 9.35. The second-order valence-corrected chi connectivity index (χ2v) is 6.94. The lowest BCUT2D eigenvalue weighted by Crippen LogP contribution is -2.08. The Labute approximate surface area is 162 Å². The summed E-state index contributed by atoms with van der Waals surface area (Å²) in [6.45, 7) is 2.39. The molecule has 0 aromatic heterocycles. The van der Waals surface area contributed by atoms with Crippen molar-refractivity contribution >= 4 is 28.6 Å². The molecule has 126 valence electrons. The standard InChI is InChI=1S/C22H19IO2/c1-2-16-12-13-19(20(14-16)18-10-6-7-11-21(18)23)22(24)25-15-17-8-4-3-5-9-17/h3-14H,2,15H2,1H3. The fraction of sp³-hybridized carbons (Fsp3) is 0.136. The van der Waals surface area contributed by atoms with E-state index in [1.165, 1.54) is 5.56 Å². The Morgan fingerprint density at radius 3 is 2.32 bits per heavy atom. The summed E-state index contributed by atoms with van der Waals surface area (Å²) >= 11 is 2.31. The van der Waals surface area contributed by atoms with Gasteiger partial charge in [-0.05, 0) is 63.4 Å². The molecule has 0 spiro atoms. The normalized spacial score (nSPS) is 10.5. The highest BCUT2D eigenvalue weighted by Gasteiger charge is 2.16. The van der Waals surface area contributed by atoms with Crippen LogP contribution < -0.4 is 0 Å². The van der Waals surface area contributed by atoms with Crippen molar-refractivity contribution < 1.29 is 9.53 Å². The first-order chi connectivity index (χ1) is 12.2. The van der Waals surface area contributed by atoms with Gasteiger partial charge in [-0.2, -0.15) is 0 Å². The second-order valence-electron chi connectivity index (χ2n) is 5.78. The van der Waals surface area contributed by atoms with Crippen molar-refractivity contribution in [2.24, 2.45) is 0 Å². The molecule has 0 saturated carbocycles. The van der Waals surface area contributed by atoms with Crippen LogP contribution in [0.1, 0.15) is 28.4 Å². The monoisotopic (exact) mass is 442 g/mol. The molecule has 3 rings (SSSR count). The van der Waals surface area contributed by atoms with Crippen molar-refractivity contribution in [3.8, 4) is 11.1 Å². The third kappa shape index (κ3) is 4.28. The molecule has 3 heteroatoms. The smallest absolute Gasteiger partial charge is 0.339 e. The van der Waals surface area contributed by atoms with Crippen LogP contribution >= 0.6 is 22.6 Å². The van der Waals surface area contributed by atoms with Crippen LogP contribution in [0.15, 0.2) is 72.8 Å². The molecule has 0 aliphatic carbocycles. The van der Waals surface area contributed by atoms with Crippen LogP contribution in [0, 0.1) is 3.57 Å². The number of aryl methyl sites for hydroxylation is 1. The third-order valence-corrected chi connectivity index (χ3v) is 5.03. The van der Waals surface area contributed by atoms with Crippen LogP contribution in [0.25, 0.3) is 11.1 Å². The maximum atomic E-state index is 12.7. The number of esters is 1. The van der Waals surface area contributed by atoms with E-state index in [2.05, 4.69) is 35.6 Å². The van der Waals surface area contributed by atoms with E-state index in [0.29, 0.717) is 5.56 Å². The van der Waals surface area contributed by atoms with Crippen molar-refractivity contribution in [1.29, 1.82) is 0 Å². The van der Waals surface area contributed by atoms with Gasteiger partial charge in [0.05, 0.1) is 5.56 Å². The minimum Gasteiger partial charge on any atom is -0.457 e. The maximum absolute atomic E-state index is 12.7. The summed E-state index contributed by atoms with van der Waals surface area (Å²) < 4.78 is 6.66. The zero-order valence-corrected chi connectivity index (χ0v) is 16.2. The Hall–Kier alpha value is -2.14. The van der Waals surface area contributed by atoms with Gasteiger partial charge in [-0.3, -0.25) is 0 Å². The van der Waals surface area contributed by atoms with Crippen LogP contribution in [0.3, 0.4) is 0 Å². The quantitative estimate of drug-likeness (QED) is 0.365. The molecule has 0 saturated heterocycles. The Bertz CT molecular complexity index is 872. The molecule has 3 aromatic carbocycles. The molecule has 0 fully saturated rings. The molecule has 0 aliphatic heterocycles. The van der Waals surface area contributed by atoms with E-state index in [9.17, 15) is 4.79 Å². The van der Waals surface area contributed by atoms with E-state index < -0.39 is 0 Å². The second kappa shape index (κ2) is 8.30. The van der Waals surface area contributed by atoms with Gasteiger partial charge in [0.2, 0.25) is 0 Å². The highest BCUT2D eigenvalue weighted by atomic mass is 127. The molecule has 3 aromatic rings. The summed E-state index contributed by atoms with van der Waals surface area (Å²) in [5, 5.41) is 0. The zero-order valence-electron chi connectivity index (χ0n) is 14.0. The van der Waals surface area contributed by atoms with Gasteiger partial charge < -0.3 is 4.74 Å². The summed E-state index contributed by atoms with van der Waals surface area (Å²) in [5.41, 5.74) is 4.79. The summed E-state index contributed by atoms with van der Waals surface area (Å²) in [6.07, 6.45) is 0.926. The Morgan fingerprint density at radius 1 is 0.880 bits per heavy atom. The van der Waals surface area contributed by atoms with Crippen molar-refractivity contribution in [2.75, 3.05) is 0 Å². The van der Waals surface area contributed by atoms with Crippen molar-refractivity contribution in [3.63, 3.8) is 0 Å². The minimum absolute atomic E-state index is 0.278. The lowest BCUT2D eigenvalue weighted by Gasteiger charge is -2.13. The fourth-order valence-electron chi connectivity index (χ4n) is 2.69. The van der Waals surface area contributed by atoms with Crippen LogP contribution in [0.2, 0.25) is 0 Å². The molecule has 2 nitrogen and oxygen atoms in total. The number of halogens is 1. The fourth-order valence-corrected chi connectivity index (χ4v) is 3.37.